The zero-order valence-electron chi connectivity index (χ0n) is 18.2. The van der Waals surface area contributed by atoms with Crippen molar-refractivity contribution in [2.24, 2.45) is 0 Å². The van der Waals surface area contributed by atoms with E-state index in [9.17, 15) is 9.90 Å². The van der Waals surface area contributed by atoms with E-state index < -0.39 is 0 Å². The van der Waals surface area contributed by atoms with Crippen LogP contribution in [0.3, 0.4) is 0 Å². The summed E-state index contributed by atoms with van der Waals surface area (Å²) in [7, 11) is 0. The Morgan fingerprint density at radius 2 is 1.70 bits per heavy atom. The molecule has 1 aliphatic carbocycles. The molecule has 0 unspecified atom stereocenters. The Kier molecular flexibility index (Phi) is 8.27. The van der Waals surface area contributed by atoms with Crippen molar-refractivity contribution in [1.82, 2.24) is 0 Å². The van der Waals surface area contributed by atoms with Gasteiger partial charge >= 0.3 is 5.97 Å². The first-order valence-electron chi connectivity index (χ1n) is 11.2. The zero-order valence-corrected chi connectivity index (χ0v) is 18.2. The number of aryl methyl sites for hydroxylation is 1. The maximum absolute atomic E-state index is 11.5. The number of carbonyl (C=O) groups excluding carboxylic acids is 1. The summed E-state index contributed by atoms with van der Waals surface area (Å²) in [6.07, 6.45) is 8.91. The number of hydrogen-bond donors (Lipinski definition) is 1. The molecule has 0 aromatic heterocycles. The quantitative estimate of drug-likeness (QED) is 0.316. The van der Waals surface area contributed by atoms with E-state index in [1.165, 1.54) is 54.4 Å². The molecule has 0 aliphatic heterocycles. The van der Waals surface area contributed by atoms with Gasteiger partial charge in [-0.25, -0.2) is 4.79 Å². The highest BCUT2D eigenvalue weighted by Gasteiger charge is 2.15. The number of hydrogen-bond acceptors (Lipinski definition) is 3. The largest absolute Gasteiger partial charge is 0.462 e. The van der Waals surface area contributed by atoms with Crippen molar-refractivity contribution in [3.63, 3.8) is 0 Å². The number of rotatable bonds is 9. The molecule has 3 nitrogen and oxygen atoms in total. The molecule has 0 atom stereocenters. The number of esters is 1. The SMILES string of the molecule is C=C(C)C(=O)OCCCc1cc(-c2ccc(C3CCCCC3)cc2)ccc1CCO. The van der Waals surface area contributed by atoms with Crippen molar-refractivity contribution in [3.05, 3.63) is 71.3 Å². The van der Waals surface area contributed by atoms with Crippen LogP contribution >= 0.6 is 0 Å². The average Bonchev–Trinajstić information content (AvgIpc) is 2.78. The number of aliphatic hydroxyl groups is 1. The molecular weight excluding hydrogens is 372 g/mol. The molecule has 1 saturated carbocycles. The molecule has 0 radical (unpaired) electrons. The minimum absolute atomic E-state index is 0.132. The number of benzene rings is 2. The van der Waals surface area contributed by atoms with Gasteiger partial charge < -0.3 is 9.84 Å². The lowest BCUT2D eigenvalue weighted by molar-refractivity contribution is -0.139. The number of aliphatic hydroxyl groups excluding tert-OH is 1. The van der Waals surface area contributed by atoms with Crippen LogP contribution in [0.2, 0.25) is 0 Å². The molecule has 0 saturated heterocycles. The fourth-order valence-corrected chi connectivity index (χ4v) is 4.34. The second kappa shape index (κ2) is 11.1. The van der Waals surface area contributed by atoms with Crippen LogP contribution in [0.5, 0.6) is 0 Å². The van der Waals surface area contributed by atoms with Crippen LogP contribution in [0.1, 0.15) is 68.1 Å². The molecule has 0 amide bonds. The van der Waals surface area contributed by atoms with Crippen LogP contribution in [-0.2, 0) is 22.4 Å². The third kappa shape index (κ3) is 6.06. The first-order chi connectivity index (χ1) is 14.6. The molecular formula is C27H34O3. The second-order valence-electron chi connectivity index (χ2n) is 8.43. The van der Waals surface area contributed by atoms with Gasteiger partial charge in [0.25, 0.3) is 0 Å². The van der Waals surface area contributed by atoms with Crippen molar-refractivity contribution >= 4 is 5.97 Å². The van der Waals surface area contributed by atoms with Crippen LogP contribution < -0.4 is 0 Å². The van der Waals surface area contributed by atoms with Gasteiger partial charge in [0.05, 0.1) is 6.61 Å². The highest BCUT2D eigenvalue weighted by Crippen LogP contribution is 2.34. The van der Waals surface area contributed by atoms with E-state index in [0.717, 1.165) is 24.3 Å². The lowest BCUT2D eigenvalue weighted by Crippen LogP contribution is -2.07. The maximum Gasteiger partial charge on any atom is 0.333 e. The van der Waals surface area contributed by atoms with Crippen LogP contribution in [-0.4, -0.2) is 24.3 Å². The van der Waals surface area contributed by atoms with Gasteiger partial charge in [-0.3, -0.25) is 0 Å². The Labute approximate surface area is 180 Å². The topological polar surface area (TPSA) is 46.5 Å². The van der Waals surface area contributed by atoms with Gasteiger partial charge in [0.2, 0.25) is 0 Å². The smallest absolute Gasteiger partial charge is 0.333 e. The Balaban J connectivity index is 1.69. The van der Waals surface area contributed by atoms with E-state index in [2.05, 4.69) is 49.0 Å². The molecule has 1 fully saturated rings. The van der Waals surface area contributed by atoms with Gasteiger partial charge in [-0.15, -0.1) is 0 Å². The van der Waals surface area contributed by atoms with E-state index >= 15 is 0 Å². The summed E-state index contributed by atoms with van der Waals surface area (Å²) in [6.45, 7) is 5.78. The van der Waals surface area contributed by atoms with Gasteiger partial charge in [0.1, 0.15) is 0 Å². The predicted molar refractivity (Wildman–Crippen MR) is 123 cm³/mol. The van der Waals surface area contributed by atoms with E-state index in [1.807, 2.05) is 0 Å². The second-order valence-corrected chi connectivity index (χ2v) is 8.43. The number of ether oxygens (including phenoxy) is 1. The van der Waals surface area contributed by atoms with E-state index in [1.54, 1.807) is 6.92 Å². The average molecular weight is 407 g/mol. The minimum Gasteiger partial charge on any atom is -0.462 e. The van der Waals surface area contributed by atoms with Crippen LogP contribution in [0.25, 0.3) is 11.1 Å². The van der Waals surface area contributed by atoms with E-state index in [4.69, 9.17) is 4.74 Å². The first kappa shape index (κ1) is 22.3. The standard InChI is InChI=1S/C27H34O3/c1-20(2)27(29)30-18-6-9-25-19-26(15-14-24(25)16-17-28)23-12-10-22(11-13-23)21-7-4-3-5-8-21/h10-15,19,21,28H,1,3-9,16-18H2,2H3. The molecule has 3 rings (SSSR count). The fraction of sp³-hybridized carbons (Fsp3) is 0.444. The third-order valence-electron chi connectivity index (χ3n) is 6.08. The fourth-order valence-electron chi connectivity index (χ4n) is 4.34. The van der Waals surface area contributed by atoms with Gasteiger partial charge in [0, 0.05) is 12.2 Å². The van der Waals surface area contributed by atoms with Crippen LogP contribution in [0.4, 0.5) is 0 Å². The molecule has 160 valence electrons. The van der Waals surface area contributed by atoms with Crippen molar-refractivity contribution in [2.75, 3.05) is 13.2 Å². The Hall–Kier alpha value is -2.39. The van der Waals surface area contributed by atoms with Gasteiger partial charge in [0.15, 0.2) is 0 Å². The molecule has 3 heteroatoms. The minimum atomic E-state index is -0.336. The highest BCUT2D eigenvalue weighted by molar-refractivity contribution is 5.86. The predicted octanol–water partition coefficient (Wildman–Crippen LogP) is 5.99. The zero-order chi connectivity index (χ0) is 21.3. The summed E-state index contributed by atoms with van der Waals surface area (Å²) in [5, 5.41) is 9.41. The summed E-state index contributed by atoms with van der Waals surface area (Å²) < 4.78 is 5.22. The molecule has 2 aromatic rings. The molecule has 1 N–H and O–H groups in total. The molecule has 30 heavy (non-hydrogen) atoms. The van der Waals surface area contributed by atoms with Crippen molar-refractivity contribution in [2.45, 2.75) is 64.2 Å². The van der Waals surface area contributed by atoms with Gasteiger partial charge in [-0.05, 0) is 72.8 Å². The van der Waals surface area contributed by atoms with Crippen LogP contribution in [0.15, 0.2) is 54.6 Å². The van der Waals surface area contributed by atoms with Crippen molar-refractivity contribution in [3.8, 4) is 11.1 Å². The summed E-state index contributed by atoms with van der Waals surface area (Å²) in [5.74, 6) is 0.384. The molecule has 2 aromatic carbocycles. The normalized spacial score (nSPS) is 14.5. The molecule has 1 aliphatic rings. The maximum atomic E-state index is 11.5. The number of carbonyl (C=O) groups is 1. The van der Waals surface area contributed by atoms with Gasteiger partial charge in [-0.1, -0.05) is 68.3 Å². The first-order valence-corrected chi connectivity index (χ1v) is 11.2. The van der Waals surface area contributed by atoms with Gasteiger partial charge in [-0.2, -0.15) is 0 Å². The van der Waals surface area contributed by atoms with E-state index in [0.29, 0.717) is 18.6 Å². The lowest BCUT2D eigenvalue weighted by Gasteiger charge is -2.22. The van der Waals surface area contributed by atoms with E-state index in [-0.39, 0.29) is 12.6 Å². The molecule has 0 bridgehead atoms. The highest BCUT2D eigenvalue weighted by atomic mass is 16.5. The lowest BCUT2D eigenvalue weighted by atomic mass is 9.83. The van der Waals surface area contributed by atoms with Crippen LogP contribution in [0, 0.1) is 0 Å². The summed E-state index contributed by atoms with van der Waals surface area (Å²) in [4.78, 5) is 11.5. The Morgan fingerprint density at radius 3 is 2.37 bits per heavy atom. The summed E-state index contributed by atoms with van der Waals surface area (Å²) in [5.41, 5.74) is 6.68. The Bertz CT molecular complexity index is 845. The summed E-state index contributed by atoms with van der Waals surface area (Å²) in [6, 6.07) is 15.6. The monoisotopic (exact) mass is 406 g/mol. The Morgan fingerprint density at radius 1 is 1.00 bits per heavy atom. The third-order valence-corrected chi connectivity index (χ3v) is 6.08. The van der Waals surface area contributed by atoms with Crippen molar-refractivity contribution < 1.29 is 14.6 Å². The summed E-state index contributed by atoms with van der Waals surface area (Å²) >= 11 is 0. The van der Waals surface area contributed by atoms with Crippen molar-refractivity contribution in [1.29, 1.82) is 0 Å². The molecule has 0 heterocycles. The molecule has 0 spiro atoms.